The molecule has 0 nitrogen and oxygen atoms in total. The molecule has 0 amide bonds. The minimum absolute atomic E-state index is 0.303. The molecule has 10 heterocycles. The minimum atomic E-state index is -4.28. The summed E-state index contributed by atoms with van der Waals surface area (Å²) in [5, 5.41) is 6.88. The van der Waals surface area contributed by atoms with E-state index in [0.29, 0.717) is 0 Å². The Labute approximate surface area is 206 Å². The van der Waals surface area contributed by atoms with E-state index in [1.807, 2.05) is 0 Å². The maximum atomic E-state index is 2.55. The van der Waals surface area contributed by atoms with Gasteiger partial charge >= 0.3 is 208 Å². The molecule has 178 valence electrons. The Kier molecular flexibility index (Phi) is 1.35. The average Bonchev–Trinajstić information content (AvgIpc) is 3.92. The molecule has 0 bridgehead atoms. The molecule has 37 heavy (non-hydrogen) atoms. The van der Waals surface area contributed by atoms with Gasteiger partial charge in [0.1, 0.15) is 0 Å². The van der Waals surface area contributed by atoms with Crippen molar-refractivity contribution in [3.63, 3.8) is 0 Å². The monoisotopic (exact) mass is 546 g/mol. The maximum absolute atomic E-state index is 4.28. The standard InChI is InChI=1S/C29H23P2.C5H5.Ti/c1-5-14-24(15-6-1)30(25-16-7-2-8-17-25)28-22-13-23-29(28)31(26-18-9-3-10-19-26)27-20-11-4-12-21-27;1-2-4-5-3-1;/h1-23H;1-5H;. The van der Waals surface area contributed by atoms with Crippen LogP contribution in [0.25, 0.3) is 0 Å². The summed E-state index contributed by atoms with van der Waals surface area (Å²) in [6.45, 7) is 0. The van der Waals surface area contributed by atoms with Crippen LogP contribution >= 0.6 is 15.8 Å². The van der Waals surface area contributed by atoms with Gasteiger partial charge in [-0.2, -0.15) is 0 Å². The van der Waals surface area contributed by atoms with Crippen LogP contribution < -0.4 is 21.2 Å². The van der Waals surface area contributed by atoms with Crippen molar-refractivity contribution >= 4 is 37.1 Å². The number of fused-ring (bicyclic) bond motifs is 10. The van der Waals surface area contributed by atoms with Crippen molar-refractivity contribution in [2.45, 2.75) is 40.7 Å². The molecule has 0 aliphatic carbocycles. The predicted octanol–water partition coefficient (Wildman–Crippen LogP) is 7.46. The van der Waals surface area contributed by atoms with Crippen molar-refractivity contribution in [2.75, 3.05) is 0 Å². The number of benzene rings is 4. The van der Waals surface area contributed by atoms with Gasteiger partial charge < -0.3 is 0 Å². The van der Waals surface area contributed by atoms with Crippen LogP contribution in [0.2, 0.25) is 33.8 Å². The Bertz CT molecular complexity index is 1900. The zero-order chi connectivity index (χ0) is 23.5. The van der Waals surface area contributed by atoms with Gasteiger partial charge in [0, 0.05) is 0 Å². The summed E-state index contributed by atoms with van der Waals surface area (Å²) in [5.74, 6) is 0. The van der Waals surface area contributed by atoms with E-state index in [2.05, 4.69) is 121 Å². The Hall–Kier alpha value is -1.55. The molecule has 10 fully saturated rings. The molecule has 0 aromatic heterocycles. The molecular formula is C34H28P2Ti. The molecule has 10 aliphatic heterocycles. The Morgan fingerprint density at radius 2 is 0.649 bits per heavy atom. The van der Waals surface area contributed by atoms with Gasteiger partial charge in [0.15, 0.2) is 0 Å². The van der Waals surface area contributed by atoms with E-state index in [1.165, 1.54) is 33.8 Å². The van der Waals surface area contributed by atoms with E-state index < -0.39 is 8.89 Å². The van der Waals surface area contributed by atoms with Gasteiger partial charge in [-0.15, -0.1) is 0 Å². The van der Waals surface area contributed by atoms with Gasteiger partial charge in [-0.3, -0.25) is 0 Å². The molecule has 4 aromatic carbocycles. The summed E-state index contributed by atoms with van der Waals surface area (Å²) in [6.07, 6.45) is 0. The van der Waals surface area contributed by atoms with Crippen LogP contribution in [0.3, 0.4) is 0 Å². The Morgan fingerprint density at radius 1 is 0.378 bits per heavy atom. The van der Waals surface area contributed by atoms with E-state index in [-0.39, 0.29) is 15.8 Å². The third kappa shape index (κ3) is 0.445. The fourth-order valence-electron chi connectivity index (χ4n) is 28.9. The quantitative estimate of drug-likeness (QED) is 0.174. The molecule has 4 atom stereocenters. The van der Waals surface area contributed by atoms with E-state index >= 15 is 0 Å². The van der Waals surface area contributed by atoms with Gasteiger partial charge in [0.25, 0.3) is 0 Å². The van der Waals surface area contributed by atoms with Gasteiger partial charge in [-0.05, 0) is 0 Å². The van der Waals surface area contributed by atoms with Crippen molar-refractivity contribution in [2.24, 2.45) is 0 Å². The second-order valence-electron chi connectivity index (χ2n) is 18.8. The van der Waals surface area contributed by atoms with Crippen molar-refractivity contribution in [1.82, 2.24) is 0 Å². The normalized spacial score (nSPS) is 63.1. The molecule has 1 spiro atoms. The molecule has 0 saturated carbocycles. The summed E-state index contributed by atoms with van der Waals surface area (Å²) in [7, 11) is -4.88. The summed E-state index contributed by atoms with van der Waals surface area (Å²) in [4.78, 5) is 0. The summed E-state index contributed by atoms with van der Waals surface area (Å²) in [5.41, 5.74) is 0. The van der Waals surface area contributed by atoms with Gasteiger partial charge in [0.2, 0.25) is 0 Å². The predicted molar refractivity (Wildman–Crippen MR) is 154 cm³/mol. The van der Waals surface area contributed by atoms with Gasteiger partial charge in [0.05, 0.1) is 0 Å². The number of hydrogen-bond acceptors (Lipinski definition) is 0. The zero-order valence-corrected chi connectivity index (χ0v) is 23.9. The molecule has 10 saturated heterocycles. The average molecular weight is 546 g/mol. The van der Waals surface area contributed by atoms with Crippen LogP contribution in [0.1, 0.15) is 0 Å². The van der Waals surface area contributed by atoms with Crippen LogP contribution in [0.4, 0.5) is 0 Å². The summed E-state index contributed by atoms with van der Waals surface area (Å²) in [6, 6.07) is 48.2. The van der Waals surface area contributed by atoms with Crippen molar-refractivity contribution in [3.05, 3.63) is 121 Å². The molecule has 14 rings (SSSR count). The zero-order valence-electron chi connectivity index (χ0n) is 20.6. The van der Waals surface area contributed by atoms with Crippen LogP contribution in [0.5, 0.6) is 0 Å². The van der Waals surface area contributed by atoms with Crippen LogP contribution in [0, 0.1) is 0 Å². The molecule has 4 aromatic rings. The third-order valence-electron chi connectivity index (χ3n) is 25.0. The molecule has 0 radical (unpaired) electrons. The van der Waals surface area contributed by atoms with Crippen molar-refractivity contribution < 1.29 is 8.89 Å². The Balaban J connectivity index is 1.17. The van der Waals surface area contributed by atoms with Gasteiger partial charge in [-0.25, -0.2) is 0 Å². The summed E-state index contributed by atoms with van der Waals surface area (Å²) < 4.78 is 12.0. The first kappa shape index (κ1) is 17.9. The van der Waals surface area contributed by atoms with Crippen molar-refractivity contribution in [1.29, 1.82) is 0 Å². The van der Waals surface area contributed by atoms with Gasteiger partial charge in [-0.1, -0.05) is 0 Å². The van der Waals surface area contributed by atoms with E-state index in [9.17, 15) is 0 Å². The van der Waals surface area contributed by atoms with E-state index in [1.54, 1.807) is 21.2 Å². The SMILES string of the molecule is c1ccc(P(c2ccccc2)[C]23[CH]4[CH]5[CH]6[C]2(P(c2ccccc2)c2ccccc2)[Ti]54632789[CH]3[CH]2[CH]7[CH]8[CH]39)cc1. The van der Waals surface area contributed by atoms with Crippen molar-refractivity contribution in [3.8, 4) is 0 Å². The second kappa shape index (κ2) is 2.80. The molecule has 10 aliphatic rings. The summed E-state index contributed by atoms with van der Waals surface area (Å²) >= 11 is 0. The molecular weight excluding hydrogens is 518 g/mol. The molecule has 4 unspecified atom stereocenters. The topological polar surface area (TPSA) is 0 Å². The van der Waals surface area contributed by atoms with Crippen LogP contribution in [0.15, 0.2) is 121 Å². The Morgan fingerprint density at radius 3 is 0.865 bits per heavy atom. The first-order valence-electron chi connectivity index (χ1n) is 15.0. The van der Waals surface area contributed by atoms with E-state index in [4.69, 9.17) is 0 Å². The molecule has 3 heteroatoms. The fraction of sp³-hybridized carbons (Fsp3) is 0.294. The van der Waals surface area contributed by atoms with Crippen LogP contribution in [-0.4, -0.2) is 6.92 Å². The first-order chi connectivity index (χ1) is 18.1. The molecule has 0 N–H and O–H groups in total. The number of hydrogen-bond donors (Lipinski definition) is 0. The number of rotatable bonds is 6. The van der Waals surface area contributed by atoms with Crippen LogP contribution in [-0.2, 0) is 8.89 Å². The van der Waals surface area contributed by atoms with E-state index in [0.717, 1.165) is 6.92 Å². The fourth-order valence-corrected chi connectivity index (χ4v) is 192. The second-order valence-corrected chi connectivity index (χ2v) is 57.7. The third-order valence-corrected chi connectivity index (χ3v) is 103. The first-order valence-corrected chi connectivity index (χ1v) is 26.4.